The van der Waals surface area contributed by atoms with E-state index >= 15 is 0 Å². The molecule has 3 aromatic rings. The van der Waals surface area contributed by atoms with E-state index in [4.69, 9.17) is 31.5 Å². The zero-order valence-electron chi connectivity index (χ0n) is 16.6. The van der Waals surface area contributed by atoms with Crippen LogP contribution in [0.15, 0.2) is 72.1 Å². The molecule has 1 atom stereocenters. The maximum absolute atomic E-state index is 9.80. The standard InChI is InChI=1S/C24H19ClN2O4/c1-29-22-10-15(4-9-20(22)30-13-14-2-5-16(25)6-3-14)23-18-8-7-17(28)11-21(18)31-24(27)19(23)12-26/h2-11,23,28H,13,27H2,1H3/t23-/m1/s1. The molecule has 1 heterocycles. The van der Waals surface area contributed by atoms with E-state index in [1.165, 1.54) is 6.07 Å². The second-order valence-corrected chi connectivity index (χ2v) is 7.41. The Balaban J connectivity index is 1.68. The fraction of sp³-hybridized carbons (Fsp3) is 0.125. The summed E-state index contributed by atoms with van der Waals surface area (Å²) in [4.78, 5) is 0. The van der Waals surface area contributed by atoms with Crippen LogP contribution in [0.25, 0.3) is 0 Å². The number of rotatable bonds is 5. The number of ether oxygens (including phenoxy) is 3. The Bertz CT molecular complexity index is 1200. The molecule has 3 aromatic carbocycles. The van der Waals surface area contributed by atoms with Crippen LogP contribution in [-0.2, 0) is 6.61 Å². The number of hydrogen-bond donors (Lipinski definition) is 2. The molecule has 0 aromatic heterocycles. The SMILES string of the molecule is COc1cc([C@H]2C(C#N)=C(N)Oc3cc(O)ccc32)ccc1OCc1ccc(Cl)cc1. The number of benzene rings is 3. The predicted octanol–water partition coefficient (Wildman–Crippen LogP) is 4.85. The molecule has 0 fully saturated rings. The highest BCUT2D eigenvalue weighted by Crippen LogP contribution is 2.45. The molecule has 0 radical (unpaired) electrons. The van der Waals surface area contributed by atoms with Gasteiger partial charge in [-0.2, -0.15) is 5.26 Å². The van der Waals surface area contributed by atoms with Gasteiger partial charge in [0, 0.05) is 16.7 Å². The number of hydrogen-bond acceptors (Lipinski definition) is 6. The van der Waals surface area contributed by atoms with E-state index in [-0.39, 0.29) is 17.2 Å². The van der Waals surface area contributed by atoms with Crippen LogP contribution < -0.4 is 19.9 Å². The minimum absolute atomic E-state index is 0.00707. The molecule has 0 aliphatic carbocycles. The van der Waals surface area contributed by atoms with Gasteiger partial charge in [0.05, 0.1) is 13.0 Å². The summed E-state index contributed by atoms with van der Waals surface area (Å²) in [6.07, 6.45) is 0. The van der Waals surface area contributed by atoms with E-state index in [0.29, 0.717) is 28.9 Å². The highest BCUT2D eigenvalue weighted by Gasteiger charge is 2.31. The zero-order chi connectivity index (χ0) is 22.0. The van der Waals surface area contributed by atoms with Gasteiger partial charge < -0.3 is 25.1 Å². The largest absolute Gasteiger partial charge is 0.508 e. The van der Waals surface area contributed by atoms with E-state index < -0.39 is 5.92 Å². The van der Waals surface area contributed by atoms with Gasteiger partial charge in [0.2, 0.25) is 5.88 Å². The molecular formula is C24H19ClN2O4. The van der Waals surface area contributed by atoms with Crippen LogP contribution in [0.3, 0.4) is 0 Å². The molecule has 1 aliphatic rings. The van der Waals surface area contributed by atoms with Gasteiger partial charge >= 0.3 is 0 Å². The number of nitrogens with two attached hydrogens (primary N) is 1. The quantitative estimate of drug-likeness (QED) is 0.595. The van der Waals surface area contributed by atoms with Crippen LogP contribution in [-0.4, -0.2) is 12.2 Å². The van der Waals surface area contributed by atoms with Crippen LogP contribution >= 0.6 is 11.6 Å². The fourth-order valence-corrected chi connectivity index (χ4v) is 3.64. The van der Waals surface area contributed by atoms with E-state index in [0.717, 1.165) is 16.7 Å². The Kier molecular flexibility index (Phi) is 5.61. The third kappa shape index (κ3) is 4.09. The smallest absolute Gasteiger partial charge is 0.205 e. The number of fused-ring (bicyclic) bond motifs is 1. The summed E-state index contributed by atoms with van der Waals surface area (Å²) in [6, 6.07) is 19.8. The van der Waals surface area contributed by atoms with Crippen LogP contribution in [0, 0.1) is 11.3 Å². The van der Waals surface area contributed by atoms with Gasteiger partial charge in [-0.3, -0.25) is 0 Å². The molecule has 0 unspecified atom stereocenters. The summed E-state index contributed by atoms with van der Waals surface area (Å²) >= 11 is 5.93. The Labute approximate surface area is 184 Å². The summed E-state index contributed by atoms with van der Waals surface area (Å²) < 4.78 is 17.0. The molecule has 3 N–H and O–H groups in total. The lowest BCUT2D eigenvalue weighted by Gasteiger charge is -2.27. The summed E-state index contributed by atoms with van der Waals surface area (Å²) in [5, 5.41) is 20.2. The third-order valence-electron chi connectivity index (χ3n) is 5.03. The van der Waals surface area contributed by atoms with Crippen molar-refractivity contribution in [2.75, 3.05) is 7.11 Å². The molecule has 0 spiro atoms. The fourth-order valence-electron chi connectivity index (χ4n) is 3.51. The first-order valence-electron chi connectivity index (χ1n) is 9.46. The van der Waals surface area contributed by atoms with Crippen molar-refractivity contribution in [3.05, 3.63) is 93.8 Å². The first-order chi connectivity index (χ1) is 15.0. The van der Waals surface area contributed by atoms with Gasteiger partial charge in [0.15, 0.2) is 11.5 Å². The minimum Gasteiger partial charge on any atom is -0.508 e. The van der Waals surface area contributed by atoms with Crippen molar-refractivity contribution in [3.8, 4) is 29.1 Å². The number of phenolic OH excluding ortho intramolecular Hbond substituents is 1. The van der Waals surface area contributed by atoms with Crippen molar-refractivity contribution >= 4 is 11.6 Å². The number of methoxy groups -OCH3 is 1. The Hall–Kier alpha value is -3.82. The van der Waals surface area contributed by atoms with Crippen molar-refractivity contribution in [2.45, 2.75) is 12.5 Å². The van der Waals surface area contributed by atoms with Gasteiger partial charge in [-0.15, -0.1) is 0 Å². The maximum Gasteiger partial charge on any atom is 0.205 e. The number of halogens is 1. The van der Waals surface area contributed by atoms with Gasteiger partial charge in [-0.05, 0) is 41.5 Å². The first kappa shape index (κ1) is 20.5. The topological polar surface area (TPSA) is 97.7 Å². The molecular weight excluding hydrogens is 416 g/mol. The third-order valence-corrected chi connectivity index (χ3v) is 5.28. The first-order valence-corrected chi connectivity index (χ1v) is 9.83. The Morgan fingerprint density at radius 2 is 1.87 bits per heavy atom. The lowest BCUT2D eigenvalue weighted by atomic mass is 9.83. The van der Waals surface area contributed by atoms with E-state index in [1.54, 1.807) is 37.4 Å². The van der Waals surface area contributed by atoms with Crippen molar-refractivity contribution in [2.24, 2.45) is 5.73 Å². The number of nitrogens with zero attached hydrogens (tertiary/aromatic N) is 1. The van der Waals surface area contributed by atoms with Crippen LogP contribution in [0.1, 0.15) is 22.6 Å². The molecule has 0 saturated carbocycles. The maximum atomic E-state index is 9.80. The summed E-state index contributed by atoms with van der Waals surface area (Å²) in [7, 11) is 1.56. The molecule has 31 heavy (non-hydrogen) atoms. The van der Waals surface area contributed by atoms with Crippen LogP contribution in [0.5, 0.6) is 23.0 Å². The number of allylic oxidation sites excluding steroid dienone is 1. The van der Waals surface area contributed by atoms with Gasteiger partial charge in [-0.1, -0.05) is 35.9 Å². The predicted molar refractivity (Wildman–Crippen MR) is 116 cm³/mol. The summed E-state index contributed by atoms with van der Waals surface area (Å²) in [5.41, 5.74) is 8.75. The molecule has 0 bridgehead atoms. The van der Waals surface area contributed by atoms with Crippen LogP contribution in [0.2, 0.25) is 5.02 Å². The Morgan fingerprint density at radius 3 is 2.58 bits per heavy atom. The molecule has 0 saturated heterocycles. The van der Waals surface area contributed by atoms with Gasteiger partial charge in [0.25, 0.3) is 0 Å². The summed E-state index contributed by atoms with van der Waals surface area (Å²) in [5.74, 6) is 1.09. The lowest BCUT2D eigenvalue weighted by Crippen LogP contribution is -2.21. The molecule has 7 heteroatoms. The number of nitriles is 1. The zero-order valence-corrected chi connectivity index (χ0v) is 17.4. The summed E-state index contributed by atoms with van der Waals surface area (Å²) in [6.45, 7) is 0.350. The average Bonchev–Trinajstić information content (AvgIpc) is 2.77. The highest BCUT2D eigenvalue weighted by atomic mass is 35.5. The van der Waals surface area contributed by atoms with Crippen LogP contribution in [0.4, 0.5) is 0 Å². The van der Waals surface area contributed by atoms with E-state index in [9.17, 15) is 10.4 Å². The molecule has 4 rings (SSSR count). The Morgan fingerprint density at radius 1 is 1.10 bits per heavy atom. The van der Waals surface area contributed by atoms with Crippen molar-refractivity contribution < 1.29 is 19.3 Å². The monoisotopic (exact) mass is 434 g/mol. The average molecular weight is 435 g/mol. The van der Waals surface area contributed by atoms with E-state index in [1.807, 2.05) is 24.3 Å². The normalized spacial score (nSPS) is 14.9. The lowest BCUT2D eigenvalue weighted by molar-refractivity contribution is 0.284. The molecule has 1 aliphatic heterocycles. The van der Waals surface area contributed by atoms with E-state index in [2.05, 4.69) is 6.07 Å². The molecule has 6 nitrogen and oxygen atoms in total. The molecule has 0 amide bonds. The van der Waals surface area contributed by atoms with Crippen molar-refractivity contribution in [1.82, 2.24) is 0 Å². The number of phenols is 1. The minimum atomic E-state index is -0.464. The van der Waals surface area contributed by atoms with Crippen molar-refractivity contribution in [3.63, 3.8) is 0 Å². The second kappa shape index (κ2) is 8.50. The van der Waals surface area contributed by atoms with Gasteiger partial charge in [-0.25, -0.2) is 0 Å². The van der Waals surface area contributed by atoms with Crippen molar-refractivity contribution in [1.29, 1.82) is 5.26 Å². The molecule has 156 valence electrons. The highest BCUT2D eigenvalue weighted by molar-refractivity contribution is 6.30. The van der Waals surface area contributed by atoms with Gasteiger partial charge in [0.1, 0.15) is 29.7 Å². The number of aromatic hydroxyl groups is 1. The second-order valence-electron chi connectivity index (χ2n) is 6.97.